The Bertz CT molecular complexity index is 433. The molecule has 0 atom stereocenters. The van der Waals surface area contributed by atoms with Gasteiger partial charge in [-0.1, -0.05) is 44.2 Å². The van der Waals surface area contributed by atoms with Crippen molar-refractivity contribution >= 4 is 5.96 Å². The summed E-state index contributed by atoms with van der Waals surface area (Å²) in [7, 11) is 0. The zero-order valence-corrected chi connectivity index (χ0v) is 12.7. The van der Waals surface area contributed by atoms with Crippen molar-refractivity contribution in [2.75, 3.05) is 13.1 Å². The van der Waals surface area contributed by atoms with E-state index in [4.69, 9.17) is 5.73 Å². The van der Waals surface area contributed by atoms with Crippen LogP contribution >= 0.6 is 0 Å². The largest absolute Gasteiger partial charge is 0.370 e. The highest BCUT2D eigenvalue weighted by Crippen LogP contribution is 2.48. The predicted molar refractivity (Wildman–Crippen MR) is 85.8 cm³/mol. The van der Waals surface area contributed by atoms with Crippen molar-refractivity contribution in [2.45, 2.75) is 39.5 Å². The van der Waals surface area contributed by atoms with Crippen molar-refractivity contribution in [1.82, 2.24) is 5.32 Å². The fourth-order valence-electron chi connectivity index (χ4n) is 2.39. The van der Waals surface area contributed by atoms with Crippen LogP contribution in [0, 0.1) is 11.3 Å². The van der Waals surface area contributed by atoms with Gasteiger partial charge in [0.25, 0.3) is 0 Å². The maximum absolute atomic E-state index is 5.93. The van der Waals surface area contributed by atoms with Gasteiger partial charge in [0.15, 0.2) is 5.96 Å². The summed E-state index contributed by atoms with van der Waals surface area (Å²) in [6.45, 7) is 6.20. The summed E-state index contributed by atoms with van der Waals surface area (Å²) in [6, 6.07) is 10.7. The molecule has 20 heavy (non-hydrogen) atoms. The molecule has 1 fully saturated rings. The van der Waals surface area contributed by atoms with Crippen LogP contribution in [0.4, 0.5) is 0 Å². The summed E-state index contributed by atoms with van der Waals surface area (Å²) in [5.74, 6) is 1.30. The highest BCUT2D eigenvalue weighted by atomic mass is 15.1. The Morgan fingerprint density at radius 1 is 1.30 bits per heavy atom. The lowest BCUT2D eigenvalue weighted by molar-refractivity contribution is 0.519. The number of nitrogens with two attached hydrogens (primary N) is 1. The smallest absolute Gasteiger partial charge is 0.188 e. The molecule has 0 bridgehead atoms. The minimum absolute atomic E-state index is 0.367. The van der Waals surface area contributed by atoms with E-state index in [-0.39, 0.29) is 0 Å². The molecule has 0 aliphatic heterocycles. The summed E-state index contributed by atoms with van der Waals surface area (Å²) in [6.07, 6.45) is 4.79. The van der Waals surface area contributed by atoms with Gasteiger partial charge < -0.3 is 11.1 Å². The Morgan fingerprint density at radius 2 is 2.00 bits per heavy atom. The molecule has 0 heterocycles. The SMILES string of the molecule is CC(C)CCNC(N)=NCC1(Cc2ccccc2)CC1. The van der Waals surface area contributed by atoms with Gasteiger partial charge in [0.2, 0.25) is 0 Å². The molecule has 3 N–H and O–H groups in total. The van der Waals surface area contributed by atoms with Gasteiger partial charge in [-0.25, -0.2) is 0 Å². The highest BCUT2D eigenvalue weighted by Gasteiger charge is 2.42. The molecule has 0 amide bonds. The molecule has 1 aromatic carbocycles. The third-order valence-electron chi connectivity index (χ3n) is 3.99. The average molecular weight is 273 g/mol. The summed E-state index contributed by atoms with van der Waals surface area (Å²) < 4.78 is 0. The molecular formula is C17H27N3. The average Bonchev–Trinajstić information content (AvgIpc) is 3.17. The van der Waals surface area contributed by atoms with Gasteiger partial charge in [0.1, 0.15) is 0 Å². The van der Waals surface area contributed by atoms with E-state index in [1.54, 1.807) is 0 Å². The van der Waals surface area contributed by atoms with Gasteiger partial charge in [-0.3, -0.25) is 4.99 Å². The number of nitrogens with one attached hydrogen (secondary N) is 1. The van der Waals surface area contributed by atoms with Crippen molar-refractivity contribution in [3.8, 4) is 0 Å². The Kier molecular flexibility index (Phi) is 5.05. The Labute approximate surface area is 122 Å². The molecule has 0 saturated heterocycles. The van der Waals surface area contributed by atoms with E-state index in [0.29, 0.717) is 17.3 Å². The van der Waals surface area contributed by atoms with Crippen LogP contribution in [0.1, 0.15) is 38.7 Å². The van der Waals surface area contributed by atoms with Crippen molar-refractivity contribution in [3.63, 3.8) is 0 Å². The zero-order chi connectivity index (χ0) is 14.4. The second-order valence-corrected chi connectivity index (χ2v) is 6.47. The molecule has 0 unspecified atom stereocenters. The van der Waals surface area contributed by atoms with Gasteiger partial charge in [-0.2, -0.15) is 0 Å². The Hall–Kier alpha value is -1.51. The number of hydrogen-bond donors (Lipinski definition) is 2. The first-order valence-electron chi connectivity index (χ1n) is 7.67. The summed E-state index contributed by atoms with van der Waals surface area (Å²) in [5, 5.41) is 3.21. The maximum Gasteiger partial charge on any atom is 0.188 e. The molecular weight excluding hydrogens is 246 g/mol. The van der Waals surface area contributed by atoms with Gasteiger partial charge >= 0.3 is 0 Å². The Morgan fingerprint density at radius 3 is 2.60 bits per heavy atom. The van der Waals surface area contributed by atoms with E-state index in [1.807, 2.05) is 0 Å². The van der Waals surface area contributed by atoms with E-state index in [1.165, 1.54) is 18.4 Å². The lowest BCUT2D eigenvalue weighted by atomic mass is 9.97. The van der Waals surface area contributed by atoms with Gasteiger partial charge in [-0.15, -0.1) is 0 Å². The minimum Gasteiger partial charge on any atom is -0.370 e. The van der Waals surface area contributed by atoms with E-state index >= 15 is 0 Å². The summed E-state index contributed by atoms with van der Waals surface area (Å²) in [5.41, 5.74) is 7.70. The van der Waals surface area contributed by atoms with Crippen LogP contribution in [-0.2, 0) is 6.42 Å². The van der Waals surface area contributed by atoms with E-state index in [9.17, 15) is 0 Å². The minimum atomic E-state index is 0.367. The molecule has 3 nitrogen and oxygen atoms in total. The first-order chi connectivity index (χ1) is 9.60. The number of benzene rings is 1. The van der Waals surface area contributed by atoms with Crippen LogP contribution < -0.4 is 11.1 Å². The van der Waals surface area contributed by atoms with Gasteiger partial charge in [0.05, 0.1) is 0 Å². The second kappa shape index (κ2) is 6.78. The van der Waals surface area contributed by atoms with Crippen LogP contribution in [0.25, 0.3) is 0 Å². The number of aliphatic imine (C=N–C) groups is 1. The lowest BCUT2D eigenvalue weighted by Crippen LogP contribution is -2.33. The standard InChI is InChI=1S/C17H27N3/c1-14(2)8-11-19-16(18)20-13-17(9-10-17)12-15-6-4-3-5-7-15/h3-7,14H,8-13H2,1-2H3,(H3,18,19,20). The number of hydrogen-bond acceptors (Lipinski definition) is 1. The van der Waals surface area contributed by atoms with E-state index in [0.717, 1.165) is 25.9 Å². The number of nitrogens with zero attached hydrogens (tertiary/aromatic N) is 1. The van der Waals surface area contributed by atoms with Crippen LogP contribution in [0.3, 0.4) is 0 Å². The molecule has 3 heteroatoms. The van der Waals surface area contributed by atoms with Crippen LogP contribution in [0.2, 0.25) is 0 Å². The lowest BCUT2D eigenvalue weighted by Gasteiger charge is -2.13. The molecule has 0 spiro atoms. The maximum atomic E-state index is 5.93. The van der Waals surface area contributed by atoms with Crippen molar-refractivity contribution < 1.29 is 0 Å². The monoisotopic (exact) mass is 273 g/mol. The quantitative estimate of drug-likeness (QED) is 0.593. The predicted octanol–water partition coefficient (Wildman–Crippen LogP) is 2.96. The molecule has 0 radical (unpaired) electrons. The molecule has 1 saturated carbocycles. The van der Waals surface area contributed by atoms with Crippen molar-refractivity contribution in [2.24, 2.45) is 22.1 Å². The topological polar surface area (TPSA) is 50.4 Å². The highest BCUT2D eigenvalue weighted by molar-refractivity contribution is 5.77. The normalized spacial score (nSPS) is 17.2. The molecule has 2 rings (SSSR count). The summed E-state index contributed by atoms with van der Waals surface area (Å²) in [4.78, 5) is 4.53. The zero-order valence-electron chi connectivity index (χ0n) is 12.7. The molecule has 0 aromatic heterocycles. The fourth-order valence-corrected chi connectivity index (χ4v) is 2.39. The molecule has 1 aromatic rings. The summed E-state index contributed by atoms with van der Waals surface area (Å²) >= 11 is 0. The van der Waals surface area contributed by atoms with Crippen molar-refractivity contribution in [1.29, 1.82) is 0 Å². The second-order valence-electron chi connectivity index (χ2n) is 6.47. The van der Waals surface area contributed by atoms with Gasteiger partial charge in [-0.05, 0) is 42.6 Å². The number of rotatable bonds is 7. The van der Waals surface area contributed by atoms with Crippen LogP contribution in [0.15, 0.2) is 35.3 Å². The Balaban J connectivity index is 1.77. The molecule has 1 aliphatic carbocycles. The van der Waals surface area contributed by atoms with Crippen LogP contribution in [0.5, 0.6) is 0 Å². The molecule has 110 valence electrons. The third-order valence-corrected chi connectivity index (χ3v) is 3.99. The first-order valence-corrected chi connectivity index (χ1v) is 7.67. The van der Waals surface area contributed by atoms with Crippen LogP contribution in [-0.4, -0.2) is 19.0 Å². The number of guanidine groups is 1. The van der Waals surface area contributed by atoms with E-state index in [2.05, 4.69) is 54.5 Å². The third kappa shape index (κ3) is 4.87. The van der Waals surface area contributed by atoms with Crippen molar-refractivity contribution in [3.05, 3.63) is 35.9 Å². The first kappa shape index (κ1) is 14.9. The fraction of sp³-hybridized carbons (Fsp3) is 0.588. The molecule has 1 aliphatic rings. The van der Waals surface area contributed by atoms with Gasteiger partial charge in [0, 0.05) is 13.1 Å². The van der Waals surface area contributed by atoms with E-state index < -0.39 is 0 Å².